The van der Waals surface area contributed by atoms with Crippen molar-refractivity contribution in [3.8, 4) is 11.4 Å². The highest BCUT2D eigenvalue weighted by Crippen LogP contribution is 2.31. The summed E-state index contributed by atoms with van der Waals surface area (Å²) in [6.07, 6.45) is 0. The van der Waals surface area contributed by atoms with E-state index < -0.39 is 0 Å². The van der Waals surface area contributed by atoms with Gasteiger partial charge in [0.25, 0.3) is 0 Å². The first-order chi connectivity index (χ1) is 15.9. The number of carbonyl (C=O) groups is 1. The van der Waals surface area contributed by atoms with Crippen molar-refractivity contribution in [3.05, 3.63) is 65.5 Å². The van der Waals surface area contributed by atoms with E-state index in [1.807, 2.05) is 74.0 Å². The van der Waals surface area contributed by atoms with E-state index in [2.05, 4.69) is 25.9 Å². The minimum absolute atomic E-state index is 0.121. The van der Waals surface area contributed by atoms with E-state index in [0.717, 1.165) is 34.2 Å². The van der Waals surface area contributed by atoms with Gasteiger partial charge in [-0.2, -0.15) is 5.10 Å². The van der Waals surface area contributed by atoms with E-state index >= 15 is 0 Å². The molecular weight excluding hydrogens is 456 g/mol. The van der Waals surface area contributed by atoms with Crippen molar-refractivity contribution in [1.82, 2.24) is 20.0 Å². The molecule has 4 aromatic rings. The molecule has 10 heteroatoms. The summed E-state index contributed by atoms with van der Waals surface area (Å²) in [6, 6.07) is 15.7. The van der Waals surface area contributed by atoms with Gasteiger partial charge in [-0.05, 0) is 45.0 Å². The van der Waals surface area contributed by atoms with Gasteiger partial charge in [-0.15, -0.1) is 10.2 Å². The Morgan fingerprint density at radius 2 is 1.85 bits per heavy atom. The van der Waals surface area contributed by atoms with Crippen LogP contribution in [0.5, 0.6) is 5.75 Å². The summed E-state index contributed by atoms with van der Waals surface area (Å²) in [5, 5.41) is 19.7. The van der Waals surface area contributed by atoms with Crippen molar-refractivity contribution in [2.24, 2.45) is 0 Å². The number of nitrogens with one attached hydrogen (secondary N) is 2. The number of rotatable bonds is 8. The van der Waals surface area contributed by atoms with Crippen LogP contribution in [0.25, 0.3) is 5.69 Å². The second-order valence-corrected chi connectivity index (χ2v) is 9.53. The van der Waals surface area contributed by atoms with Crippen molar-refractivity contribution in [1.29, 1.82) is 0 Å². The van der Waals surface area contributed by atoms with Crippen molar-refractivity contribution in [2.45, 2.75) is 25.1 Å². The smallest absolute Gasteiger partial charge is 0.234 e. The first kappa shape index (κ1) is 22.8. The Bertz CT molecular complexity index is 1270. The van der Waals surface area contributed by atoms with Crippen LogP contribution >= 0.6 is 23.1 Å². The van der Waals surface area contributed by atoms with Gasteiger partial charge in [-0.1, -0.05) is 52.9 Å². The summed E-state index contributed by atoms with van der Waals surface area (Å²) < 4.78 is 7.89. The first-order valence-electron chi connectivity index (χ1n) is 10.2. The van der Waals surface area contributed by atoms with Crippen molar-refractivity contribution in [3.63, 3.8) is 0 Å². The van der Waals surface area contributed by atoms with Crippen LogP contribution in [-0.4, -0.2) is 38.7 Å². The minimum Gasteiger partial charge on any atom is -0.495 e. The molecule has 33 heavy (non-hydrogen) atoms. The number of para-hydroxylation sites is 2. The first-order valence-corrected chi connectivity index (χ1v) is 12.0. The average Bonchev–Trinajstić information content (AvgIpc) is 3.38. The van der Waals surface area contributed by atoms with Crippen LogP contribution in [0, 0.1) is 20.8 Å². The number of hydrogen-bond acceptors (Lipinski definition) is 8. The third-order valence-electron chi connectivity index (χ3n) is 4.92. The number of amides is 1. The molecule has 0 bridgehead atoms. The zero-order chi connectivity index (χ0) is 23.4. The molecule has 8 nitrogen and oxygen atoms in total. The third kappa shape index (κ3) is 5.35. The zero-order valence-corrected chi connectivity index (χ0v) is 20.4. The molecule has 2 heterocycles. The number of anilines is 3. The van der Waals surface area contributed by atoms with E-state index in [1.165, 1.54) is 28.7 Å². The van der Waals surface area contributed by atoms with E-state index in [1.54, 1.807) is 7.11 Å². The summed E-state index contributed by atoms with van der Waals surface area (Å²) in [5.41, 5.74) is 5.34. The Labute approximate surface area is 200 Å². The van der Waals surface area contributed by atoms with Gasteiger partial charge in [-0.3, -0.25) is 4.79 Å². The Hall–Kier alpha value is -3.37. The zero-order valence-electron chi connectivity index (χ0n) is 18.7. The minimum atomic E-state index is -0.121. The quantitative estimate of drug-likeness (QED) is 0.338. The maximum atomic E-state index is 12.6. The predicted octanol–water partition coefficient (Wildman–Crippen LogP) is 5.13. The van der Waals surface area contributed by atoms with E-state index in [9.17, 15) is 4.79 Å². The second kappa shape index (κ2) is 10.1. The standard InChI is InChI=1S/C23H24N6O2S2/c1-14-9-11-17(12-10-14)29-16(3)21(15(2)28-29)25-20(30)13-32-23-27-26-22(33-23)24-18-7-5-6-8-19(18)31-4/h5-12H,13H2,1-4H3,(H,24,26)(H,25,30). The molecule has 1 amide bonds. The van der Waals surface area contributed by atoms with Gasteiger partial charge < -0.3 is 15.4 Å². The maximum Gasteiger partial charge on any atom is 0.234 e. The van der Waals surface area contributed by atoms with Crippen LogP contribution in [0.15, 0.2) is 52.9 Å². The van der Waals surface area contributed by atoms with Crippen LogP contribution in [0.2, 0.25) is 0 Å². The van der Waals surface area contributed by atoms with Gasteiger partial charge in [0.15, 0.2) is 4.34 Å². The molecule has 0 aliphatic carbocycles. The Balaban J connectivity index is 1.37. The largest absolute Gasteiger partial charge is 0.495 e. The molecule has 2 aromatic carbocycles. The topological polar surface area (TPSA) is 94.0 Å². The molecule has 0 radical (unpaired) electrons. The molecule has 2 aromatic heterocycles. The molecule has 0 aliphatic heterocycles. The number of carbonyl (C=O) groups excluding carboxylic acids is 1. The molecule has 0 saturated carbocycles. The second-order valence-electron chi connectivity index (χ2n) is 7.33. The van der Waals surface area contributed by atoms with Gasteiger partial charge in [0.2, 0.25) is 11.0 Å². The number of nitrogens with zero attached hydrogens (tertiary/aromatic N) is 4. The predicted molar refractivity (Wildman–Crippen MR) is 133 cm³/mol. The van der Waals surface area contributed by atoms with Gasteiger partial charge >= 0.3 is 0 Å². The molecule has 0 spiro atoms. The summed E-state index contributed by atoms with van der Waals surface area (Å²) in [5.74, 6) is 0.819. The van der Waals surface area contributed by atoms with Crippen LogP contribution in [0.3, 0.4) is 0 Å². The molecule has 0 fully saturated rings. The van der Waals surface area contributed by atoms with Crippen LogP contribution < -0.4 is 15.4 Å². The third-order valence-corrected chi connectivity index (χ3v) is 6.89. The van der Waals surface area contributed by atoms with E-state index in [4.69, 9.17) is 4.74 Å². The lowest BCUT2D eigenvalue weighted by atomic mass is 10.2. The lowest BCUT2D eigenvalue weighted by Gasteiger charge is -2.07. The molecule has 4 rings (SSSR count). The highest BCUT2D eigenvalue weighted by Gasteiger charge is 2.16. The fourth-order valence-electron chi connectivity index (χ4n) is 3.25. The number of methoxy groups -OCH3 is 1. The highest BCUT2D eigenvalue weighted by molar-refractivity contribution is 8.01. The van der Waals surface area contributed by atoms with Crippen molar-refractivity contribution in [2.75, 3.05) is 23.5 Å². The lowest BCUT2D eigenvalue weighted by Crippen LogP contribution is -2.15. The molecular formula is C23H24N6O2S2. The fraction of sp³-hybridized carbons (Fsp3) is 0.217. The SMILES string of the molecule is COc1ccccc1Nc1nnc(SCC(=O)Nc2c(C)nn(-c3ccc(C)cc3)c2C)s1. The number of thioether (sulfide) groups is 1. The van der Waals surface area contributed by atoms with Gasteiger partial charge in [-0.25, -0.2) is 4.68 Å². The molecule has 0 atom stereocenters. The lowest BCUT2D eigenvalue weighted by molar-refractivity contribution is -0.113. The van der Waals surface area contributed by atoms with E-state index in [0.29, 0.717) is 9.47 Å². The molecule has 0 unspecified atom stereocenters. The highest BCUT2D eigenvalue weighted by atomic mass is 32.2. The summed E-state index contributed by atoms with van der Waals surface area (Å²) >= 11 is 2.72. The van der Waals surface area contributed by atoms with Gasteiger partial charge in [0.05, 0.1) is 41.3 Å². The molecule has 2 N–H and O–H groups in total. The van der Waals surface area contributed by atoms with Crippen LogP contribution in [-0.2, 0) is 4.79 Å². The monoisotopic (exact) mass is 480 g/mol. The van der Waals surface area contributed by atoms with Crippen molar-refractivity contribution >= 4 is 45.5 Å². The van der Waals surface area contributed by atoms with E-state index in [-0.39, 0.29) is 11.7 Å². The number of aryl methyl sites for hydroxylation is 2. The normalized spacial score (nSPS) is 10.8. The summed E-state index contributed by atoms with van der Waals surface area (Å²) in [4.78, 5) is 12.6. The van der Waals surface area contributed by atoms with Gasteiger partial charge in [0, 0.05) is 0 Å². The van der Waals surface area contributed by atoms with Crippen LogP contribution in [0.1, 0.15) is 17.0 Å². The molecule has 0 saturated heterocycles. The Morgan fingerprint density at radius 1 is 1.09 bits per heavy atom. The maximum absolute atomic E-state index is 12.6. The van der Waals surface area contributed by atoms with Crippen LogP contribution in [0.4, 0.5) is 16.5 Å². The average molecular weight is 481 g/mol. The Kier molecular flexibility index (Phi) is 6.95. The summed E-state index contributed by atoms with van der Waals surface area (Å²) in [7, 11) is 1.62. The summed E-state index contributed by atoms with van der Waals surface area (Å²) in [6.45, 7) is 5.88. The number of benzene rings is 2. The Morgan fingerprint density at radius 3 is 2.61 bits per heavy atom. The van der Waals surface area contributed by atoms with Gasteiger partial charge in [0.1, 0.15) is 5.75 Å². The number of ether oxygens (including phenoxy) is 1. The number of hydrogen-bond donors (Lipinski definition) is 2. The number of aromatic nitrogens is 4. The fourth-order valence-corrected chi connectivity index (χ4v) is 4.81. The molecule has 0 aliphatic rings. The van der Waals surface area contributed by atoms with Crippen molar-refractivity contribution < 1.29 is 9.53 Å². The molecule has 170 valence electrons.